The number of carbonyl (C=O) groups is 2. The summed E-state index contributed by atoms with van der Waals surface area (Å²) < 4.78 is 39.7. The van der Waals surface area contributed by atoms with E-state index in [1.54, 1.807) is 57.2 Å². The van der Waals surface area contributed by atoms with Crippen molar-refractivity contribution >= 4 is 11.8 Å². The second-order valence-corrected chi connectivity index (χ2v) is 14.0. The molecular weight excluding hydrogens is 654 g/mol. The van der Waals surface area contributed by atoms with Crippen LogP contribution in [0.2, 0.25) is 0 Å². The van der Waals surface area contributed by atoms with Gasteiger partial charge in [0.05, 0.1) is 22.8 Å². The van der Waals surface area contributed by atoms with E-state index in [-0.39, 0.29) is 54.5 Å². The number of pyridine rings is 2. The highest BCUT2D eigenvalue weighted by atomic mass is 19.1. The van der Waals surface area contributed by atoms with E-state index in [9.17, 15) is 23.5 Å². The Kier molecular flexibility index (Phi) is 12.0. The Hall–Kier alpha value is -4.90. The SMILES string of the molecule is Cc1cc(OCc2cccc(F)c2)ncc1C(=O)N[C@H](C)C1CCC(c2cc(F)cc(COc3ccc(C(=O)N[C@H](C)C(C)(C)O)cn3)c2)CC1. The molecule has 11 heteroatoms. The number of carbonyl (C=O) groups excluding carboxylic acids is 2. The zero-order valence-corrected chi connectivity index (χ0v) is 29.7. The Morgan fingerprint density at radius 2 is 1.53 bits per heavy atom. The first kappa shape index (κ1) is 37.4. The van der Waals surface area contributed by atoms with Crippen molar-refractivity contribution in [2.45, 2.75) is 97.1 Å². The molecule has 5 rings (SSSR count). The van der Waals surface area contributed by atoms with E-state index in [1.165, 1.54) is 30.6 Å². The number of benzene rings is 2. The molecular formula is C40H46F2N4O5. The van der Waals surface area contributed by atoms with Crippen LogP contribution in [-0.2, 0) is 13.2 Å². The lowest BCUT2D eigenvalue weighted by molar-refractivity contribution is 0.0408. The molecule has 1 aliphatic carbocycles. The Labute approximate surface area is 297 Å². The third-order valence-corrected chi connectivity index (χ3v) is 9.69. The third kappa shape index (κ3) is 10.3. The smallest absolute Gasteiger partial charge is 0.253 e. The van der Waals surface area contributed by atoms with E-state index in [0.717, 1.165) is 36.8 Å². The standard InChI is InChI=1S/C40H46F2N4O5/c1-24-15-37(51-22-27-7-6-8-33(41)17-27)44-21-35(24)39(48)45-25(2)29-9-11-30(12-10-29)32-16-28(18-34(42)19-32)23-50-36-14-13-31(20-43-36)38(47)46-26(3)40(4,5)49/h6-8,13-21,25-26,29-30,49H,9-12,22-23H2,1-5H3,(H,45,48)(H,46,47)/t25-,26-,29?,30?/m1/s1. The van der Waals surface area contributed by atoms with Crippen molar-refractivity contribution in [3.63, 3.8) is 0 Å². The molecule has 1 saturated carbocycles. The summed E-state index contributed by atoms with van der Waals surface area (Å²) in [6.45, 7) is 9.10. The van der Waals surface area contributed by atoms with Gasteiger partial charge in [-0.25, -0.2) is 18.7 Å². The van der Waals surface area contributed by atoms with Crippen molar-refractivity contribution in [3.8, 4) is 11.8 Å². The van der Waals surface area contributed by atoms with Gasteiger partial charge in [-0.1, -0.05) is 18.2 Å². The van der Waals surface area contributed by atoms with E-state index in [0.29, 0.717) is 34.0 Å². The molecule has 0 spiro atoms. The molecule has 4 aromatic rings. The van der Waals surface area contributed by atoms with Gasteiger partial charge in [-0.3, -0.25) is 9.59 Å². The summed E-state index contributed by atoms with van der Waals surface area (Å²) in [5, 5.41) is 16.0. The molecule has 2 atom stereocenters. The minimum absolute atomic E-state index is 0.0619. The molecule has 1 aliphatic rings. The predicted molar refractivity (Wildman–Crippen MR) is 190 cm³/mol. The number of halogens is 2. The molecule has 2 aromatic carbocycles. The van der Waals surface area contributed by atoms with Crippen LogP contribution in [0, 0.1) is 24.5 Å². The molecule has 0 unspecified atom stereocenters. The van der Waals surface area contributed by atoms with Crippen molar-refractivity contribution in [2.24, 2.45) is 5.92 Å². The van der Waals surface area contributed by atoms with Crippen LogP contribution in [-0.4, -0.2) is 44.6 Å². The number of rotatable bonds is 13. The van der Waals surface area contributed by atoms with Crippen molar-refractivity contribution in [1.29, 1.82) is 0 Å². The number of amides is 2. The van der Waals surface area contributed by atoms with Crippen molar-refractivity contribution in [3.05, 3.63) is 118 Å². The van der Waals surface area contributed by atoms with Gasteiger partial charge >= 0.3 is 0 Å². The summed E-state index contributed by atoms with van der Waals surface area (Å²) >= 11 is 0. The second kappa shape index (κ2) is 16.4. The Balaban J connectivity index is 1.10. The molecule has 2 amide bonds. The van der Waals surface area contributed by atoms with Gasteiger partial charge in [-0.2, -0.15) is 0 Å². The summed E-state index contributed by atoms with van der Waals surface area (Å²) in [6, 6.07) is 15.5. The molecule has 9 nitrogen and oxygen atoms in total. The van der Waals surface area contributed by atoms with Crippen LogP contribution in [0.5, 0.6) is 11.8 Å². The highest BCUT2D eigenvalue weighted by Gasteiger charge is 2.28. The first-order valence-corrected chi connectivity index (χ1v) is 17.3. The Morgan fingerprint density at radius 3 is 2.20 bits per heavy atom. The fourth-order valence-electron chi connectivity index (χ4n) is 6.19. The molecule has 0 radical (unpaired) electrons. The van der Waals surface area contributed by atoms with Crippen molar-refractivity contribution in [1.82, 2.24) is 20.6 Å². The van der Waals surface area contributed by atoms with Crippen LogP contribution in [0.15, 0.2) is 73.1 Å². The molecule has 1 fully saturated rings. The summed E-state index contributed by atoms with van der Waals surface area (Å²) in [6.07, 6.45) is 6.41. The van der Waals surface area contributed by atoms with Gasteiger partial charge in [0, 0.05) is 30.6 Å². The Bertz CT molecular complexity index is 1820. The summed E-state index contributed by atoms with van der Waals surface area (Å²) in [4.78, 5) is 34.2. The van der Waals surface area contributed by atoms with Crippen molar-refractivity contribution < 1.29 is 33.0 Å². The fraction of sp³-hybridized carbons (Fsp3) is 0.400. The maximum atomic E-state index is 14.7. The molecule has 2 aromatic heterocycles. The topological polar surface area (TPSA) is 123 Å². The summed E-state index contributed by atoms with van der Waals surface area (Å²) in [5.74, 6) is -0.0859. The number of nitrogens with one attached hydrogen (secondary N) is 2. The average molecular weight is 701 g/mol. The minimum atomic E-state index is -1.07. The number of aryl methyl sites for hydroxylation is 1. The predicted octanol–water partition coefficient (Wildman–Crippen LogP) is 7.20. The first-order chi connectivity index (χ1) is 24.2. The highest BCUT2D eigenvalue weighted by molar-refractivity contribution is 5.95. The van der Waals surface area contributed by atoms with E-state index < -0.39 is 11.6 Å². The molecule has 2 heterocycles. The molecule has 0 saturated heterocycles. The van der Waals surface area contributed by atoms with Crippen LogP contribution in [0.3, 0.4) is 0 Å². The number of aromatic nitrogens is 2. The second-order valence-electron chi connectivity index (χ2n) is 14.0. The van der Waals surface area contributed by atoms with Gasteiger partial charge in [-0.05, 0) is 125 Å². The maximum Gasteiger partial charge on any atom is 0.253 e. The largest absolute Gasteiger partial charge is 0.473 e. The normalized spacial score (nSPS) is 17.3. The van der Waals surface area contributed by atoms with E-state index in [2.05, 4.69) is 20.6 Å². The van der Waals surface area contributed by atoms with Gasteiger partial charge in [0.15, 0.2) is 0 Å². The molecule has 270 valence electrons. The maximum absolute atomic E-state index is 14.7. The van der Waals surface area contributed by atoms with Crippen LogP contribution >= 0.6 is 0 Å². The van der Waals surface area contributed by atoms with Gasteiger partial charge in [0.2, 0.25) is 11.8 Å². The summed E-state index contributed by atoms with van der Waals surface area (Å²) in [5.41, 5.74) is 2.76. The quantitative estimate of drug-likeness (QED) is 0.135. The first-order valence-electron chi connectivity index (χ1n) is 17.3. The van der Waals surface area contributed by atoms with Crippen LogP contribution in [0.1, 0.15) is 102 Å². The van der Waals surface area contributed by atoms with Gasteiger partial charge < -0.3 is 25.2 Å². The van der Waals surface area contributed by atoms with Gasteiger partial charge in [0.1, 0.15) is 24.8 Å². The number of hydrogen-bond donors (Lipinski definition) is 3. The lowest BCUT2D eigenvalue weighted by Gasteiger charge is -2.33. The summed E-state index contributed by atoms with van der Waals surface area (Å²) in [7, 11) is 0. The van der Waals surface area contributed by atoms with E-state index in [4.69, 9.17) is 9.47 Å². The Morgan fingerprint density at radius 1 is 0.843 bits per heavy atom. The lowest BCUT2D eigenvalue weighted by atomic mass is 9.76. The highest BCUT2D eigenvalue weighted by Crippen LogP contribution is 2.38. The molecule has 0 aliphatic heterocycles. The van der Waals surface area contributed by atoms with Crippen LogP contribution in [0.4, 0.5) is 8.78 Å². The van der Waals surface area contributed by atoms with Gasteiger partial charge in [0.25, 0.3) is 11.8 Å². The number of nitrogens with zero attached hydrogens (tertiary/aromatic N) is 2. The monoisotopic (exact) mass is 700 g/mol. The third-order valence-electron chi connectivity index (χ3n) is 9.69. The van der Waals surface area contributed by atoms with Crippen LogP contribution in [0.25, 0.3) is 0 Å². The molecule has 0 bridgehead atoms. The average Bonchev–Trinajstić information content (AvgIpc) is 3.09. The zero-order valence-electron chi connectivity index (χ0n) is 29.7. The van der Waals surface area contributed by atoms with Crippen LogP contribution < -0.4 is 20.1 Å². The number of ether oxygens (including phenoxy) is 2. The molecule has 3 N–H and O–H groups in total. The fourth-order valence-corrected chi connectivity index (χ4v) is 6.19. The lowest BCUT2D eigenvalue weighted by Crippen LogP contribution is -2.47. The minimum Gasteiger partial charge on any atom is -0.473 e. The van der Waals surface area contributed by atoms with Crippen molar-refractivity contribution in [2.75, 3.05) is 0 Å². The van der Waals surface area contributed by atoms with E-state index in [1.807, 2.05) is 19.9 Å². The molecule has 51 heavy (non-hydrogen) atoms. The number of hydrogen-bond acceptors (Lipinski definition) is 7. The van der Waals surface area contributed by atoms with E-state index >= 15 is 0 Å². The zero-order chi connectivity index (χ0) is 36.7. The number of aliphatic hydroxyl groups is 1. The van der Waals surface area contributed by atoms with Gasteiger partial charge in [-0.15, -0.1) is 0 Å².